The van der Waals surface area contributed by atoms with Gasteiger partial charge < -0.3 is 10.6 Å². The van der Waals surface area contributed by atoms with E-state index in [2.05, 4.69) is 23.3 Å². The van der Waals surface area contributed by atoms with Crippen molar-refractivity contribution in [2.75, 3.05) is 6.54 Å². The van der Waals surface area contributed by atoms with E-state index < -0.39 is 0 Å². The Hall–Kier alpha value is -0.710. The van der Waals surface area contributed by atoms with Gasteiger partial charge in [0.2, 0.25) is 11.8 Å². The first kappa shape index (κ1) is 12.4. The molecule has 1 aliphatic heterocycles. The maximum atomic E-state index is 11.6. The quantitative estimate of drug-likeness (QED) is 0.612. The zero-order chi connectivity index (χ0) is 11.4. The highest BCUT2D eigenvalue weighted by Gasteiger charge is 2.26. The number of carbonyl (C=O) groups is 2. The van der Waals surface area contributed by atoms with E-state index in [0.717, 1.165) is 12.8 Å². The van der Waals surface area contributed by atoms with Crippen molar-refractivity contribution < 1.29 is 9.59 Å². The predicted octanol–water partition coefficient (Wildman–Crippen LogP) is 0.336. The Morgan fingerprint density at radius 3 is 2.80 bits per heavy atom. The van der Waals surface area contributed by atoms with Crippen LogP contribution in [0.2, 0.25) is 0 Å². The van der Waals surface area contributed by atoms with Gasteiger partial charge in [-0.2, -0.15) is 12.6 Å². The van der Waals surface area contributed by atoms with Gasteiger partial charge in [-0.15, -0.1) is 0 Å². The molecule has 2 atom stereocenters. The van der Waals surface area contributed by atoms with Crippen LogP contribution in [0.4, 0.5) is 0 Å². The van der Waals surface area contributed by atoms with Crippen LogP contribution in [-0.2, 0) is 9.59 Å². The van der Waals surface area contributed by atoms with E-state index in [4.69, 9.17) is 0 Å². The fourth-order valence-electron chi connectivity index (χ4n) is 1.47. The molecule has 0 spiro atoms. The molecule has 5 heteroatoms. The second-order valence-electron chi connectivity index (χ2n) is 4.18. The van der Waals surface area contributed by atoms with Crippen molar-refractivity contribution in [3.05, 3.63) is 0 Å². The number of piperidine rings is 1. The molecule has 0 saturated carbocycles. The summed E-state index contributed by atoms with van der Waals surface area (Å²) in [5.74, 6) is -0.0748. The lowest BCUT2D eigenvalue weighted by Crippen LogP contribution is -2.52. The first-order chi connectivity index (χ1) is 7.02. The van der Waals surface area contributed by atoms with Gasteiger partial charge in [-0.05, 0) is 18.8 Å². The number of rotatable bonds is 3. The highest BCUT2D eigenvalue weighted by molar-refractivity contribution is 7.81. The fraction of sp³-hybridized carbons (Fsp3) is 0.800. The van der Waals surface area contributed by atoms with Crippen LogP contribution in [0.15, 0.2) is 0 Å². The summed E-state index contributed by atoms with van der Waals surface area (Å²) in [5.41, 5.74) is 0. The van der Waals surface area contributed by atoms with Crippen LogP contribution in [0.5, 0.6) is 0 Å². The third-order valence-corrected chi connectivity index (χ3v) is 3.33. The largest absolute Gasteiger partial charge is 0.354 e. The Bertz CT molecular complexity index is 256. The number of hydrogen-bond acceptors (Lipinski definition) is 3. The number of thiol groups is 1. The Kier molecular flexibility index (Phi) is 4.45. The van der Waals surface area contributed by atoms with Crippen molar-refractivity contribution in [3.63, 3.8) is 0 Å². The summed E-state index contributed by atoms with van der Waals surface area (Å²) < 4.78 is 0. The number of carbonyl (C=O) groups excluding carboxylic acids is 2. The molecule has 1 rings (SSSR count). The normalized spacial score (nSPS) is 23.5. The molecule has 0 radical (unpaired) electrons. The Balaban J connectivity index is 2.46. The van der Waals surface area contributed by atoms with E-state index >= 15 is 0 Å². The second kappa shape index (κ2) is 5.39. The van der Waals surface area contributed by atoms with Gasteiger partial charge in [0.25, 0.3) is 0 Å². The highest BCUT2D eigenvalue weighted by atomic mass is 32.1. The summed E-state index contributed by atoms with van der Waals surface area (Å²) >= 11 is 4.21. The SMILES string of the molecule is CC(C)C(S)C(=O)NC1CCCNC1=O. The van der Waals surface area contributed by atoms with E-state index in [0.29, 0.717) is 6.54 Å². The molecule has 1 heterocycles. The molecule has 2 amide bonds. The molecule has 4 nitrogen and oxygen atoms in total. The van der Waals surface area contributed by atoms with E-state index in [1.807, 2.05) is 13.8 Å². The molecule has 1 saturated heterocycles. The van der Waals surface area contributed by atoms with Crippen LogP contribution in [0.3, 0.4) is 0 Å². The molecule has 0 aromatic heterocycles. The number of amides is 2. The van der Waals surface area contributed by atoms with Gasteiger partial charge in [0.05, 0.1) is 5.25 Å². The molecular formula is C10H18N2O2S. The van der Waals surface area contributed by atoms with Gasteiger partial charge in [0, 0.05) is 6.54 Å². The van der Waals surface area contributed by atoms with E-state index in [9.17, 15) is 9.59 Å². The molecule has 0 aromatic rings. The first-order valence-electron chi connectivity index (χ1n) is 5.28. The second-order valence-corrected chi connectivity index (χ2v) is 4.74. The Morgan fingerprint density at radius 1 is 1.60 bits per heavy atom. The predicted molar refractivity (Wildman–Crippen MR) is 61.8 cm³/mol. The molecule has 2 unspecified atom stereocenters. The summed E-state index contributed by atoms with van der Waals surface area (Å²) in [5, 5.41) is 5.10. The van der Waals surface area contributed by atoms with Gasteiger partial charge in [-0.25, -0.2) is 0 Å². The van der Waals surface area contributed by atoms with Crippen LogP contribution in [-0.4, -0.2) is 29.7 Å². The fourth-order valence-corrected chi connectivity index (χ4v) is 1.54. The van der Waals surface area contributed by atoms with Crippen LogP contribution in [0, 0.1) is 5.92 Å². The summed E-state index contributed by atoms with van der Waals surface area (Å²) in [7, 11) is 0. The van der Waals surface area contributed by atoms with Gasteiger partial charge in [-0.1, -0.05) is 13.8 Å². The average Bonchev–Trinajstić information content (AvgIpc) is 2.20. The van der Waals surface area contributed by atoms with Crippen molar-refractivity contribution >= 4 is 24.4 Å². The van der Waals surface area contributed by atoms with Crippen molar-refractivity contribution in [3.8, 4) is 0 Å². The monoisotopic (exact) mass is 230 g/mol. The van der Waals surface area contributed by atoms with Gasteiger partial charge in [0.15, 0.2) is 0 Å². The van der Waals surface area contributed by atoms with Crippen molar-refractivity contribution in [1.82, 2.24) is 10.6 Å². The number of hydrogen-bond donors (Lipinski definition) is 3. The Morgan fingerprint density at radius 2 is 2.27 bits per heavy atom. The topological polar surface area (TPSA) is 58.2 Å². The summed E-state index contributed by atoms with van der Waals surface area (Å²) in [6, 6.07) is -0.375. The third kappa shape index (κ3) is 3.41. The van der Waals surface area contributed by atoms with Crippen LogP contribution < -0.4 is 10.6 Å². The molecule has 0 aliphatic carbocycles. The molecule has 1 fully saturated rings. The van der Waals surface area contributed by atoms with Gasteiger partial charge >= 0.3 is 0 Å². The lowest BCUT2D eigenvalue weighted by Gasteiger charge is -2.24. The smallest absolute Gasteiger partial charge is 0.242 e. The lowest BCUT2D eigenvalue weighted by molar-refractivity contribution is -0.130. The van der Waals surface area contributed by atoms with E-state index in [1.165, 1.54) is 0 Å². The van der Waals surface area contributed by atoms with E-state index in [1.54, 1.807) is 0 Å². The van der Waals surface area contributed by atoms with Crippen LogP contribution in [0.25, 0.3) is 0 Å². The molecule has 0 aromatic carbocycles. The van der Waals surface area contributed by atoms with Crippen molar-refractivity contribution in [2.45, 2.75) is 38.0 Å². The van der Waals surface area contributed by atoms with Crippen molar-refractivity contribution in [2.24, 2.45) is 5.92 Å². The summed E-state index contributed by atoms with van der Waals surface area (Å²) in [6.45, 7) is 4.57. The zero-order valence-electron chi connectivity index (χ0n) is 9.12. The summed E-state index contributed by atoms with van der Waals surface area (Å²) in [4.78, 5) is 23.0. The molecule has 1 aliphatic rings. The highest BCUT2D eigenvalue weighted by Crippen LogP contribution is 2.10. The maximum absolute atomic E-state index is 11.6. The van der Waals surface area contributed by atoms with Gasteiger partial charge in [-0.3, -0.25) is 9.59 Å². The minimum absolute atomic E-state index is 0.0844. The third-order valence-electron chi connectivity index (χ3n) is 2.50. The maximum Gasteiger partial charge on any atom is 0.242 e. The molecule has 15 heavy (non-hydrogen) atoms. The number of nitrogens with one attached hydrogen (secondary N) is 2. The summed E-state index contributed by atoms with van der Waals surface area (Å²) in [6.07, 6.45) is 1.63. The Labute approximate surface area is 95.6 Å². The molecule has 86 valence electrons. The molecule has 2 N–H and O–H groups in total. The minimum Gasteiger partial charge on any atom is -0.354 e. The average molecular weight is 230 g/mol. The molecule has 0 bridgehead atoms. The molecular weight excluding hydrogens is 212 g/mol. The van der Waals surface area contributed by atoms with E-state index in [-0.39, 0.29) is 29.0 Å². The van der Waals surface area contributed by atoms with Crippen molar-refractivity contribution in [1.29, 1.82) is 0 Å². The standard InChI is InChI=1S/C10H18N2O2S/c1-6(2)8(15)10(14)12-7-4-3-5-11-9(7)13/h6-8,15H,3-5H2,1-2H3,(H,11,13)(H,12,14). The first-order valence-corrected chi connectivity index (χ1v) is 5.80. The van der Waals surface area contributed by atoms with Gasteiger partial charge in [0.1, 0.15) is 6.04 Å². The zero-order valence-corrected chi connectivity index (χ0v) is 10.0. The minimum atomic E-state index is -0.375. The van der Waals surface area contributed by atoms with Crippen LogP contribution in [0.1, 0.15) is 26.7 Å². The van der Waals surface area contributed by atoms with Crippen LogP contribution >= 0.6 is 12.6 Å². The lowest BCUT2D eigenvalue weighted by atomic mass is 10.1.